The van der Waals surface area contributed by atoms with Gasteiger partial charge in [-0.1, -0.05) is 36.4 Å². The van der Waals surface area contributed by atoms with E-state index in [1.807, 2.05) is 19.2 Å². The molecule has 3 aromatic rings. The molecule has 1 aromatic heterocycles. The second kappa shape index (κ2) is 6.81. The van der Waals surface area contributed by atoms with Gasteiger partial charge >= 0.3 is 0 Å². The molecule has 2 aromatic carbocycles. The SMILES string of the molecule is CC(O)C1CCN(c2nccc(-c3ccc4ccccc4c3)n2)CC1. The average Bonchev–Trinajstić information content (AvgIpc) is 2.68. The minimum atomic E-state index is -0.230. The van der Waals surface area contributed by atoms with E-state index in [4.69, 9.17) is 4.98 Å². The molecule has 0 bridgehead atoms. The maximum atomic E-state index is 9.76. The third-order valence-electron chi connectivity index (χ3n) is 5.19. The molecule has 4 nitrogen and oxygen atoms in total. The van der Waals surface area contributed by atoms with Gasteiger partial charge in [-0.05, 0) is 48.6 Å². The van der Waals surface area contributed by atoms with Gasteiger partial charge in [0.15, 0.2) is 0 Å². The first kappa shape index (κ1) is 16.0. The summed E-state index contributed by atoms with van der Waals surface area (Å²) >= 11 is 0. The zero-order valence-corrected chi connectivity index (χ0v) is 14.5. The van der Waals surface area contributed by atoms with Crippen LogP contribution in [0.1, 0.15) is 19.8 Å². The van der Waals surface area contributed by atoms with E-state index in [9.17, 15) is 5.11 Å². The number of nitrogens with zero attached hydrogens (tertiary/aromatic N) is 3. The molecule has 0 amide bonds. The molecule has 4 heteroatoms. The van der Waals surface area contributed by atoms with Gasteiger partial charge in [0.25, 0.3) is 0 Å². The van der Waals surface area contributed by atoms with Crippen LogP contribution in [-0.4, -0.2) is 34.3 Å². The van der Waals surface area contributed by atoms with Gasteiger partial charge < -0.3 is 10.0 Å². The van der Waals surface area contributed by atoms with Crippen molar-refractivity contribution in [1.82, 2.24) is 9.97 Å². The van der Waals surface area contributed by atoms with E-state index in [1.54, 1.807) is 0 Å². The lowest BCUT2D eigenvalue weighted by atomic mass is 9.92. The number of fused-ring (bicyclic) bond motifs is 1. The summed E-state index contributed by atoms with van der Waals surface area (Å²) in [6.45, 7) is 3.69. The van der Waals surface area contributed by atoms with Crippen molar-refractivity contribution in [3.8, 4) is 11.3 Å². The Labute approximate surface area is 148 Å². The molecular formula is C21H23N3O. The number of aliphatic hydroxyl groups excluding tert-OH is 1. The highest BCUT2D eigenvalue weighted by atomic mass is 16.3. The molecule has 1 N–H and O–H groups in total. The molecule has 1 atom stereocenters. The predicted molar refractivity (Wildman–Crippen MR) is 102 cm³/mol. The molecule has 4 rings (SSSR count). The van der Waals surface area contributed by atoms with Crippen molar-refractivity contribution in [2.45, 2.75) is 25.9 Å². The van der Waals surface area contributed by atoms with Gasteiger partial charge in [0.2, 0.25) is 5.95 Å². The maximum absolute atomic E-state index is 9.76. The normalized spacial score (nSPS) is 17.0. The minimum Gasteiger partial charge on any atom is -0.393 e. The van der Waals surface area contributed by atoms with Crippen LogP contribution in [0.2, 0.25) is 0 Å². The number of hydrogen-bond acceptors (Lipinski definition) is 4. The lowest BCUT2D eigenvalue weighted by Gasteiger charge is -2.33. The van der Waals surface area contributed by atoms with Gasteiger partial charge in [-0.25, -0.2) is 9.97 Å². The van der Waals surface area contributed by atoms with E-state index in [1.165, 1.54) is 10.8 Å². The van der Waals surface area contributed by atoms with Crippen molar-refractivity contribution >= 4 is 16.7 Å². The molecule has 1 unspecified atom stereocenters. The van der Waals surface area contributed by atoms with Crippen LogP contribution in [-0.2, 0) is 0 Å². The summed E-state index contributed by atoms with van der Waals surface area (Å²) in [5.41, 5.74) is 2.06. The Kier molecular flexibility index (Phi) is 4.36. The van der Waals surface area contributed by atoms with Gasteiger partial charge in [0.05, 0.1) is 11.8 Å². The highest BCUT2D eigenvalue weighted by molar-refractivity contribution is 5.86. The third kappa shape index (κ3) is 3.35. The topological polar surface area (TPSA) is 49.2 Å². The van der Waals surface area contributed by atoms with Crippen molar-refractivity contribution in [3.63, 3.8) is 0 Å². The fourth-order valence-electron chi connectivity index (χ4n) is 3.59. The molecule has 0 radical (unpaired) electrons. The molecule has 1 saturated heterocycles. The van der Waals surface area contributed by atoms with Crippen molar-refractivity contribution in [3.05, 3.63) is 54.7 Å². The van der Waals surface area contributed by atoms with Crippen LogP contribution in [0.25, 0.3) is 22.0 Å². The first-order valence-corrected chi connectivity index (χ1v) is 8.96. The zero-order chi connectivity index (χ0) is 17.2. The summed E-state index contributed by atoms with van der Waals surface area (Å²) < 4.78 is 0. The fourth-order valence-corrected chi connectivity index (χ4v) is 3.59. The highest BCUT2D eigenvalue weighted by Crippen LogP contribution is 2.26. The van der Waals surface area contributed by atoms with Crippen molar-refractivity contribution < 1.29 is 5.11 Å². The second-order valence-corrected chi connectivity index (χ2v) is 6.87. The Morgan fingerprint density at radius 2 is 1.80 bits per heavy atom. The first-order chi connectivity index (χ1) is 12.2. The number of hydrogen-bond donors (Lipinski definition) is 1. The molecule has 1 fully saturated rings. The van der Waals surface area contributed by atoms with Crippen LogP contribution in [0.3, 0.4) is 0 Å². The Balaban J connectivity index is 1.59. The zero-order valence-electron chi connectivity index (χ0n) is 14.5. The van der Waals surface area contributed by atoms with Gasteiger partial charge in [-0.2, -0.15) is 0 Å². The molecule has 0 aliphatic carbocycles. The lowest BCUT2D eigenvalue weighted by molar-refractivity contribution is 0.109. The second-order valence-electron chi connectivity index (χ2n) is 6.87. The maximum Gasteiger partial charge on any atom is 0.225 e. The number of aromatic nitrogens is 2. The molecule has 25 heavy (non-hydrogen) atoms. The van der Waals surface area contributed by atoms with Crippen LogP contribution >= 0.6 is 0 Å². The summed E-state index contributed by atoms with van der Waals surface area (Å²) in [4.78, 5) is 11.5. The predicted octanol–water partition coefficient (Wildman–Crippen LogP) is 3.89. The van der Waals surface area contributed by atoms with E-state index >= 15 is 0 Å². The van der Waals surface area contributed by atoms with Crippen molar-refractivity contribution in [2.24, 2.45) is 5.92 Å². The van der Waals surface area contributed by atoms with Crippen LogP contribution in [0, 0.1) is 5.92 Å². The smallest absolute Gasteiger partial charge is 0.225 e. The summed E-state index contributed by atoms with van der Waals surface area (Å²) in [7, 11) is 0. The van der Waals surface area contributed by atoms with Crippen molar-refractivity contribution in [1.29, 1.82) is 0 Å². The van der Waals surface area contributed by atoms with Gasteiger partial charge in [-0.3, -0.25) is 0 Å². The van der Waals surface area contributed by atoms with E-state index < -0.39 is 0 Å². The standard InChI is InChI=1S/C21H23N3O/c1-15(25)16-9-12-24(13-10-16)21-22-11-8-20(23-21)19-7-6-17-4-2-3-5-18(17)14-19/h2-8,11,14-16,25H,9-10,12-13H2,1H3. The largest absolute Gasteiger partial charge is 0.393 e. The number of anilines is 1. The van der Waals surface area contributed by atoms with E-state index in [2.05, 4.69) is 52.3 Å². The molecule has 1 aliphatic rings. The quantitative estimate of drug-likeness (QED) is 0.790. The number of benzene rings is 2. The molecule has 128 valence electrons. The monoisotopic (exact) mass is 333 g/mol. The van der Waals surface area contributed by atoms with E-state index in [0.717, 1.165) is 43.1 Å². The van der Waals surface area contributed by atoms with Crippen LogP contribution in [0.5, 0.6) is 0 Å². The Bertz CT molecular complexity index is 870. The first-order valence-electron chi connectivity index (χ1n) is 8.96. The van der Waals surface area contributed by atoms with Gasteiger partial charge in [0, 0.05) is 24.8 Å². The summed E-state index contributed by atoms with van der Waals surface area (Å²) in [6.07, 6.45) is 3.59. The highest BCUT2D eigenvalue weighted by Gasteiger charge is 2.24. The molecular weight excluding hydrogens is 310 g/mol. The van der Waals surface area contributed by atoms with Crippen LogP contribution < -0.4 is 4.90 Å². The van der Waals surface area contributed by atoms with Crippen LogP contribution in [0.15, 0.2) is 54.7 Å². The van der Waals surface area contributed by atoms with Gasteiger partial charge in [-0.15, -0.1) is 0 Å². The Morgan fingerprint density at radius 3 is 2.56 bits per heavy atom. The molecule has 1 aliphatic heterocycles. The van der Waals surface area contributed by atoms with E-state index in [-0.39, 0.29) is 6.10 Å². The molecule has 2 heterocycles. The average molecular weight is 333 g/mol. The van der Waals surface area contributed by atoms with E-state index in [0.29, 0.717) is 5.92 Å². The van der Waals surface area contributed by atoms with Crippen LogP contribution in [0.4, 0.5) is 5.95 Å². The summed E-state index contributed by atoms with van der Waals surface area (Å²) in [6, 6.07) is 16.8. The fraction of sp³-hybridized carbons (Fsp3) is 0.333. The minimum absolute atomic E-state index is 0.230. The summed E-state index contributed by atoms with van der Waals surface area (Å²) in [5, 5.41) is 12.2. The number of piperidine rings is 1. The number of rotatable bonds is 3. The molecule has 0 spiro atoms. The Hall–Kier alpha value is -2.46. The molecule has 0 saturated carbocycles. The lowest BCUT2D eigenvalue weighted by Crippen LogP contribution is -2.37. The summed E-state index contributed by atoms with van der Waals surface area (Å²) in [5.74, 6) is 1.18. The number of aliphatic hydroxyl groups is 1. The van der Waals surface area contributed by atoms with Crippen molar-refractivity contribution in [2.75, 3.05) is 18.0 Å². The van der Waals surface area contributed by atoms with Gasteiger partial charge in [0.1, 0.15) is 0 Å². The Morgan fingerprint density at radius 1 is 1.04 bits per heavy atom. The third-order valence-corrected chi connectivity index (χ3v) is 5.19.